The van der Waals surface area contributed by atoms with Crippen LogP contribution in [0.2, 0.25) is 0 Å². The van der Waals surface area contributed by atoms with Crippen molar-refractivity contribution >= 4 is 0 Å². The third-order valence-corrected chi connectivity index (χ3v) is 3.49. The topological polar surface area (TPSA) is 9.23 Å². The van der Waals surface area contributed by atoms with Gasteiger partial charge in [0.25, 0.3) is 0 Å². The van der Waals surface area contributed by atoms with Gasteiger partial charge < -0.3 is 4.74 Å². The fourth-order valence-electron chi connectivity index (χ4n) is 2.53. The van der Waals surface area contributed by atoms with Crippen molar-refractivity contribution in [3.8, 4) is 0 Å². The van der Waals surface area contributed by atoms with Gasteiger partial charge in [-0.05, 0) is 43.0 Å². The van der Waals surface area contributed by atoms with Gasteiger partial charge in [-0.1, -0.05) is 23.8 Å². The Kier molecular flexibility index (Phi) is 1.46. The summed E-state index contributed by atoms with van der Waals surface area (Å²) in [6.07, 6.45) is 0.491. The molecule has 1 aromatic carbocycles. The molecule has 0 saturated carbocycles. The molecular formula is C13H14O. The zero-order valence-electron chi connectivity index (χ0n) is 8.79. The molecule has 0 radical (unpaired) electrons. The molecule has 0 aliphatic carbocycles. The van der Waals surface area contributed by atoms with E-state index in [4.69, 9.17) is 4.74 Å². The van der Waals surface area contributed by atoms with E-state index in [1.54, 1.807) is 0 Å². The lowest BCUT2D eigenvalue weighted by Gasteiger charge is -2.14. The van der Waals surface area contributed by atoms with Crippen LogP contribution in [0.1, 0.15) is 42.7 Å². The zero-order chi connectivity index (χ0) is 9.87. The summed E-state index contributed by atoms with van der Waals surface area (Å²) in [5.74, 6) is 0. The normalized spacial score (nSPS) is 28.5. The largest absolute Gasteiger partial charge is 0.357 e. The van der Waals surface area contributed by atoms with Gasteiger partial charge >= 0.3 is 0 Å². The molecule has 2 atom stereocenters. The van der Waals surface area contributed by atoms with Gasteiger partial charge in [0.15, 0.2) is 0 Å². The second kappa shape index (κ2) is 2.48. The summed E-state index contributed by atoms with van der Waals surface area (Å²) in [5, 5.41) is 0. The van der Waals surface area contributed by atoms with Crippen molar-refractivity contribution < 1.29 is 4.74 Å². The van der Waals surface area contributed by atoms with Crippen molar-refractivity contribution in [2.75, 3.05) is 0 Å². The monoisotopic (exact) mass is 186 g/mol. The SMILES string of the molecule is CC1=C(C)C2OC1c1ccc(C)cc12. The molecule has 0 amide bonds. The fraction of sp³-hybridized carbons (Fsp3) is 0.385. The minimum absolute atomic E-state index is 0.245. The van der Waals surface area contributed by atoms with E-state index in [-0.39, 0.29) is 12.2 Å². The highest BCUT2D eigenvalue weighted by molar-refractivity contribution is 5.50. The first-order chi connectivity index (χ1) is 6.68. The van der Waals surface area contributed by atoms with E-state index in [1.807, 2.05) is 0 Å². The van der Waals surface area contributed by atoms with Crippen molar-refractivity contribution in [2.24, 2.45) is 0 Å². The van der Waals surface area contributed by atoms with Gasteiger partial charge in [-0.3, -0.25) is 0 Å². The van der Waals surface area contributed by atoms with E-state index in [2.05, 4.69) is 39.0 Å². The van der Waals surface area contributed by atoms with Crippen LogP contribution >= 0.6 is 0 Å². The quantitative estimate of drug-likeness (QED) is 0.564. The van der Waals surface area contributed by atoms with E-state index < -0.39 is 0 Å². The minimum Gasteiger partial charge on any atom is -0.357 e. The molecule has 2 heterocycles. The Hall–Kier alpha value is -1.08. The number of aryl methyl sites for hydroxylation is 1. The average molecular weight is 186 g/mol. The van der Waals surface area contributed by atoms with Crippen LogP contribution in [0.15, 0.2) is 29.3 Å². The molecule has 2 unspecified atom stereocenters. The van der Waals surface area contributed by atoms with Crippen LogP contribution in [0.5, 0.6) is 0 Å². The second-order valence-electron chi connectivity index (χ2n) is 4.39. The Morgan fingerprint density at radius 3 is 2.29 bits per heavy atom. The number of benzene rings is 1. The lowest BCUT2D eigenvalue weighted by atomic mass is 9.87. The third-order valence-electron chi connectivity index (χ3n) is 3.49. The highest BCUT2D eigenvalue weighted by Gasteiger charge is 2.40. The van der Waals surface area contributed by atoms with Crippen LogP contribution in [0.25, 0.3) is 0 Å². The molecule has 72 valence electrons. The van der Waals surface area contributed by atoms with Crippen LogP contribution in [0.4, 0.5) is 0 Å². The summed E-state index contributed by atoms with van der Waals surface area (Å²) in [5.41, 5.74) is 6.91. The van der Waals surface area contributed by atoms with Crippen molar-refractivity contribution in [3.05, 3.63) is 46.0 Å². The van der Waals surface area contributed by atoms with Crippen LogP contribution in [0.3, 0.4) is 0 Å². The lowest BCUT2D eigenvalue weighted by Crippen LogP contribution is -2.01. The first-order valence-corrected chi connectivity index (χ1v) is 5.11. The van der Waals surface area contributed by atoms with Gasteiger partial charge in [0, 0.05) is 0 Å². The fourth-order valence-corrected chi connectivity index (χ4v) is 2.53. The molecule has 3 rings (SSSR count). The average Bonchev–Trinajstić information content (AvgIpc) is 2.65. The summed E-state index contributed by atoms with van der Waals surface area (Å²) < 4.78 is 5.95. The van der Waals surface area contributed by atoms with Crippen molar-refractivity contribution in [3.63, 3.8) is 0 Å². The maximum Gasteiger partial charge on any atom is 0.105 e. The Balaban J connectivity index is 2.22. The smallest absolute Gasteiger partial charge is 0.105 e. The maximum absolute atomic E-state index is 5.95. The lowest BCUT2D eigenvalue weighted by molar-refractivity contribution is 0.0792. The van der Waals surface area contributed by atoms with Gasteiger partial charge in [0.05, 0.1) is 0 Å². The van der Waals surface area contributed by atoms with Gasteiger partial charge in [-0.2, -0.15) is 0 Å². The Labute approximate surface area is 84.4 Å². The molecule has 2 bridgehead atoms. The van der Waals surface area contributed by atoms with E-state index in [1.165, 1.54) is 27.8 Å². The standard InChI is InChI=1S/C13H14O/c1-7-4-5-10-11(6-7)13-9(3)8(2)12(10)14-13/h4-6,12-13H,1-3H3. The molecule has 0 saturated heterocycles. The minimum atomic E-state index is 0.245. The van der Waals surface area contributed by atoms with E-state index in [9.17, 15) is 0 Å². The molecule has 1 aromatic rings. The number of ether oxygens (including phenoxy) is 1. The molecule has 0 aromatic heterocycles. The number of hydrogen-bond donors (Lipinski definition) is 0. The van der Waals surface area contributed by atoms with E-state index >= 15 is 0 Å². The molecule has 2 aliphatic rings. The first-order valence-electron chi connectivity index (χ1n) is 5.11. The Morgan fingerprint density at radius 1 is 0.929 bits per heavy atom. The molecule has 14 heavy (non-hydrogen) atoms. The molecule has 1 heteroatoms. The second-order valence-corrected chi connectivity index (χ2v) is 4.39. The summed E-state index contributed by atoms with van der Waals surface area (Å²) >= 11 is 0. The molecule has 0 spiro atoms. The van der Waals surface area contributed by atoms with Gasteiger partial charge in [0.1, 0.15) is 12.2 Å². The van der Waals surface area contributed by atoms with Gasteiger partial charge in [-0.25, -0.2) is 0 Å². The molecule has 2 aliphatic heterocycles. The van der Waals surface area contributed by atoms with Crippen molar-refractivity contribution in [1.29, 1.82) is 0 Å². The maximum atomic E-state index is 5.95. The Bertz CT molecular complexity index is 443. The summed E-state index contributed by atoms with van der Waals surface area (Å²) in [4.78, 5) is 0. The predicted octanol–water partition coefficient (Wildman–Crippen LogP) is 3.46. The number of hydrogen-bond acceptors (Lipinski definition) is 1. The molecular weight excluding hydrogens is 172 g/mol. The van der Waals surface area contributed by atoms with E-state index in [0.717, 1.165) is 0 Å². The highest BCUT2D eigenvalue weighted by atomic mass is 16.5. The van der Waals surface area contributed by atoms with Crippen LogP contribution in [0, 0.1) is 6.92 Å². The molecule has 0 fully saturated rings. The highest BCUT2D eigenvalue weighted by Crippen LogP contribution is 2.53. The van der Waals surface area contributed by atoms with Crippen molar-refractivity contribution in [2.45, 2.75) is 33.0 Å². The summed E-state index contributed by atoms with van der Waals surface area (Å²) in [6, 6.07) is 6.65. The Morgan fingerprint density at radius 2 is 1.57 bits per heavy atom. The predicted molar refractivity (Wildman–Crippen MR) is 56.1 cm³/mol. The number of rotatable bonds is 0. The molecule has 0 N–H and O–H groups in total. The third kappa shape index (κ3) is 0.833. The van der Waals surface area contributed by atoms with Crippen LogP contribution in [-0.4, -0.2) is 0 Å². The van der Waals surface area contributed by atoms with Gasteiger partial charge in [-0.15, -0.1) is 0 Å². The first kappa shape index (κ1) is 8.25. The van der Waals surface area contributed by atoms with Crippen LogP contribution in [-0.2, 0) is 4.74 Å². The summed E-state index contributed by atoms with van der Waals surface area (Å²) in [7, 11) is 0. The van der Waals surface area contributed by atoms with E-state index in [0.29, 0.717) is 0 Å². The van der Waals surface area contributed by atoms with Crippen LogP contribution < -0.4 is 0 Å². The number of fused-ring (bicyclic) bond motifs is 5. The van der Waals surface area contributed by atoms with Crippen molar-refractivity contribution in [1.82, 2.24) is 0 Å². The summed E-state index contributed by atoms with van der Waals surface area (Å²) in [6.45, 7) is 6.51. The zero-order valence-corrected chi connectivity index (χ0v) is 8.79. The molecule has 1 nitrogen and oxygen atoms in total. The van der Waals surface area contributed by atoms with Gasteiger partial charge in [0.2, 0.25) is 0 Å².